The van der Waals surface area contributed by atoms with Crippen molar-refractivity contribution in [3.63, 3.8) is 0 Å². The third kappa shape index (κ3) is 11.1. The predicted octanol–water partition coefficient (Wildman–Crippen LogP) is 17.7. The highest BCUT2D eigenvalue weighted by atomic mass is 16.5. The van der Waals surface area contributed by atoms with Gasteiger partial charge in [0, 0.05) is 50.9 Å². The Morgan fingerprint density at radius 2 is 0.971 bits per heavy atom. The van der Waals surface area contributed by atoms with E-state index in [-0.39, 0.29) is 11.0 Å². The molecule has 4 nitrogen and oxygen atoms in total. The van der Waals surface area contributed by atoms with Crippen LogP contribution in [-0.4, -0.2) is 12.1 Å². The first kappa shape index (κ1) is 47.5. The molecule has 0 radical (unpaired) electrons. The zero-order chi connectivity index (χ0) is 48.7. The van der Waals surface area contributed by atoms with Gasteiger partial charge in [-0.3, -0.25) is 0 Å². The highest BCUT2D eigenvalue weighted by Gasteiger charge is 2.34. The minimum absolute atomic E-state index is 0.0966. The highest BCUT2D eigenvalue weighted by Crippen LogP contribution is 2.41. The summed E-state index contributed by atoms with van der Waals surface area (Å²) >= 11 is 0. The van der Waals surface area contributed by atoms with E-state index >= 15 is 0 Å². The predicted molar refractivity (Wildman–Crippen MR) is 299 cm³/mol. The van der Waals surface area contributed by atoms with Gasteiger partial charge < -0.3 is 19.4 Å². The van der Waals surface area contributed by atoms with Crippen molar-refractivity contribution in [3.05, 3.63) is 263 Å². The monoisotopic (exact) mass is 918 g/mol. The number of aryl methyl sites for hydroxylation is 4. The fraction of sp³-hybridized carbons (Fsp3) is 0.212. The number of allylic oxidation sites excluding steroid dienone is 9. The molecule has 0 saturated heterocycles. The smallest absolute Gasteiger partial charge is 0.115 e. The molecule has 3 aliphatic rings. The molecular weight excluding hydrogens is 851 g/mol. The molecule has 0 bridgehead atoms. The molecule has 0 aromatic heterocycles. The Kier molecular flexibility index (Phi) is 14.2. The first-order valence-electron chi connectivity index (χ1n) is 25.0. The van der Waals surface area contributed by atoms with Crippen LogP contribution in [0.15, 0.2) is 230 Å². The lowest BCUT2D eigenvalue weighted by Crippen LogP contribution is -2.45. The third-order valence-electron chi connectivity index (χ3n) is 13.8. The summed E-state index contributed by atoms with van der Waals surface area (Å²) in [5.41, 5.74) is 16.3. The van der Waals surface area contributed by atoms with E-state index in [0.717, 1.165) is 58.9 Å². The standard InChI is InChI=1S/C66H67N3O/c1-8-70-64-42-47-66(7,48-43-64)69(62-37-23-54(24-38-62)18-17-53-19-33-60(34-20-53)67(56-25-9-49(2)10-26-56)57-27-11-50(3)12-28-57)63-40-45-65(6,46-41-63)44-39-55-21-35-61(36-22-55)68(58-29-13-51(4)14-30-58)59-31-15-52(5)16-32-59/h9-21,23-45,47,55H,8,22,46,48H2,1-7H3/b18-17+,44-39+. The van der Waals surface area contributed by atoms with Gasteiger partial charge in [0.2, 0.25) is 0 Å². The second-order valence-corrected chi connectivity index (χ2v) is 19.7. The van der Waals surface area contributed by atoms with E-state index in [2.05, 4.69) is 281 Å². The molecule has 4 heteroatoms. The molecule has 0 N–H and O–H groups in total. The van der Waals surface area contributed by atoms with Crippen molar-refractivity contribution >= 4 is 46.3 Å². The molecule has 6 aromatic rings. The summed E-state index contributed by atoms with van der Waals surface area (Å²) in [7, 11) is 0. The quantitative estimate of drug-likeness (QED) is 0.0755. The average Bonchev–Trinajstić information content (AvgIpc) is 3.38. The summed E-state index contributed by atoms with van der Waals surface area (Å²) in [6.45, 7) is 15.9. The van der Waals surface area contributed by atoms with E-state index in [1.807, 2.05) is 6.92 Å². The van der Waals surface area contributed by atoms with Crippen molar-refractivity contribution in [2.24, 2.45) is 11.3 Å². The topological polar surface area (TPSA) is 19.0 Å². The van der Waals surface area contributed by atoms with Crippen molar-refractivity contribution in [3.8, 4) is 0 Å². The van der Waals surface area contributed by atoms with Gasteiger partial charge in [-0.05, 0) is 175 Å². The van der Waals surface area contributed by atoms with E-state index in [0.29, 0.717) is 12.5 Å². The van der Waals surface area contributed by atoms with Crippen LogP contribution in [0.2, 0.25) is 0 Å². The molecule has 0 aliphatic heterocycles. The number of benzene rings is 6. The minimum atomic E-state index is -0.285. The third-order valence-corrected chi connectivity index (χ3v) is 13.8. The Morgan fingerprint density at radius 1 is 0.500 bits per heavy atom. The molecule has 3 unspecified atom stereocenters. The van der Waals surface area contributed by atoms with Crippen molar-refractivity contribution in [1.82, 2.24) is 0 Å². The van der Waals surface area contributed by atoms with Gasteiger partial charge in [-0.25, -0.2) is 0 Å². The number of rotatable bonds is 15. The fourth-order valence-electron chi connectivity index (χ4n) is 9.52. The lowest BCUT2D eigenvalue weighted by Gasteiger charge is -2.44. The Labute approximate surface area is 418 Å². The van der Waals surface area contributed by atoms with Crippen LogP contribution in [0.3, 0.4) is 0 Å². The Hall–Kier alpha value is -7.56. The zero-order valence-corrected chi connectivity index (χ0v) is 42.0. The molecule has 6 aromatic carbocycles. The second-order valence-electron chi connectivity index (χ2n) is 19.7. The molecule has 0 saturated carbocycles. The lowest BCUT2D eigenvalue weighted by molar-refractivity contribution is 0.238. The van der Waals surface area contributed by atoms with Crippen LogP contribution in [0.1, 0.15) is 73.4 Å². The van der Waals surface area contributed by atoms with Crippen LogP contribution in [-0.2, 0) is 4.74 Å². The van der Waals surface area contributed by atoms with E-state index < -0.39 is 0 Å². The van der Waals surface area contributed by atoms with Crippen molar-refractivity contribution in [2.45, 2.75) is 73.3 Å². The molecular formula is C66H67N3O. The lowest BCUT2D eigenvalue weighted by atomic mass is 9.80. The van der Waals surface area contributed by atoms with Gasteiger partial charge in [0.15, 0.2) is 0 Å². The fourth-order valence-corrected chi connectivity index (χ4v) is 9.52. The van der Waals surface area contributed by atoms with Crippen LogP contribution < -0.4 is 14.7 Å². The van der Waals surface area contributed by atoms with Gasteiger partial charge in [0.25, 0.3) is 0 Å². The number of anilines is 6. The minimum Gasteiger partial charge on any atom is -0.494 e. The molecule has 0 fully saturated rings. The summed E-state index contributed by atoms with van der Waals surface area (Å²) in [6.07, 6.45) is 32.8. The molecule has 352 valence electrons. The number of hydrogen-bond acceptors (Lipinski definition) is 4. The molecule has 70 heavy (non-hydrogen) atoms. The van der Waals surface area contributed by atoms with E-state index in [1.54, 1.807) is 0 Å². The second kappa shape index (κ2) is 21.0. The van der Waals surface area contributed by atoms with Crippen LogP contribution in [0.5, 0.6) is 0 Å². The molecule has 0 spiro atoms. The first-order chi connectivity index (χ1) is 33.9. The number of ether oxygens (including phenoxy) is 1. The summed E-state index contributed by atoms with van der Waals surface area (Å²) in [5, 5.41) is 0. The molecule has 3 aliphatic carbocycles. The van der Waals surface area contributed by atoms with Gasteiger partial charge in [-0.15, -0.1) is 0 Å². The summed E-state index contributed by atoms with van der Waals surface area (Å²) in [6, 6.07) is 53.0. The van der Waals surface area contributed by atoms with Gasteiger partial charge in [0.1, 0.15) is 5.76 Å². The largest absolute Gasteiger partial charge is 0.494 e. The summed E-state index contributed by atoms with van der Waals surface area (Å²) in [4.78, 5) is 7.19. The number of hydrogen-bond donors (Lipinski definition) is 0. The first-order valence-corrected chi connectivity index (χ1v) is 25.0. The normalized spacial score (nSPS) is 19.8. The van der Waals surface area contributed by atoms with Gasteiger partial charge in [0.05, 0.1) is 12.1 Å². The van der Waals surface area contributed by atoms with Crippen molar-refractivity contribution in [1.29, 1.82) is 0 Å². The highest BCUT2D eigenvalue weighted by molar-refractivity contribution is 5.79. The summed E-state index contributed by atoms with van der Waals surface area (Å²) in [5.74, 6) is 1.27. The Balaban J connectivity index is 0.899. The Morgan fingerprint density at radius 3 is 1.39 bits per heavy atom. The molecule has 0 heterocycles. The maximum Gasteiger partial charge on any atom is 0.115 e. The number of nitrogens with zero attached hydrogens (tertiary/aromatic N) is 3. The molecule has 9 rings (SSSR count). The molecule has 3 atom stereocenters. The van der Waals surface area contributed by atoms with Crippen LogP contribution in [0.4, 0.5) is 34.1 Å². The average molecular weight is 918 g/mol. The molecule has 0 amide bonds. The zero-order valence-electron chi connectivity index (χ0n) is 42.0. The van der Waals surface area contributed by atoms with Crippen molar-refractivity contribution < 1.29 is 4.74 Å². The van der Waals surface area contributed by atoms with Gasteiger partial charge in [-0.2, -0.15) is 0 Å². The maximum absolute atomic E-state index is 5.92. The van der Waals surface area contributed by atoms with Crippen molar-refractivity contribution in [2.75, 3.05) is 21.3 Å². The van der Waals surface area contributed by atoms with Crippen LogP contribution >= 0.6 is 0 Å². The van der Waals surface area contributed by atoms with Gasteiger partial charge >= 0.3 is 0 Å². The van der Waals surface area contributed by atoms with E-state index in [9.17, 15) is 0 Å². The maximum atomic E-state index is 5.92. The SMILES string of the molecule is CCOC1=CCC(C)(N(C2=CCC(C)(/C=C/C3C=CC(N(c4ccc(C)cc4)c4ccc(C)cc4)=CC3)C=C2)c2ccc(/C=C/c3ccc(N(c4ccc(C)cc4)c4ccc(C)cc4)cc3)cc2)C=C1. The van der Waals surface area contributed by atoms with Crippen LogP contribution in [0, 0.1) is 39.0 Å². The van der Waals surface area contributed by atoms with Gasteiger partial charge in [-0.1, -0.05) is 157 Å². The summed E-state index contributed by atoms with van der Waals surface area (Å²) < 4.78 is 5.92. The Bertz CT molecular complexity index is 2910. The van der Waals surface area contributed by atoms with E-state index in [4.69, 9.17) is 4.74 Å². The van der Waals surface area contributed by atoms with Crippen LogP contribution in [0.25, 0.3) is 12.2 Å². The van der Waals surface area contributed by atoms with E-state index in [1.165, 1.54) is 45.0 Å².